The maximum Gasteiger partial charge on any atom is 0.142 e. The monoisotopic (exact) mass is 713 g/mol. The zero-order valence-electron chi connectivity index (χ0n) is 29.6. The first-order chi connectivity index (χ1) is 24.9. The molecule has 0 saturated carbocycles. The molecule has 2 N–H and O–H groups in total. The van der Waals surface area contributed by atoms with Crippen LogP contribution in [0.4, 0.5) is 5.69 Å². The van der Waals surface area contributed by atoms with Crippen LogP contribution in [0.5, 0.6) is 11.5 Å². The molecule has 0 heterocycles. The molecule has 0 unspecified atom stereocenters. The molecule has 0 amide bonds. The first-order valence-electron chi connectivity index (χ1n) is 17.4. The van der Waals surface area contributed by atoms with Crippen LogP contribution in [-0.2, 0) is 52.1 Å². The maximum absolute atomic E-state index is 5.82. The van der Waals surface area contributed by atoms with E-state index in [1.807, 2.05) is 48.5 Å². The fourth-order valence-corrected chi connectivity index (χ4v) is 3.86. The minimum Gasteiger partial charge on any atom is -0.491 e. The van der Waals surface area contributed by atoms with E-state index in [0.29, 0.717) is 170 Å². The molecule has 0 spiro atoms. The van der Waals surface area contributed by atoms with E-state index in [0.717, 1.165) is 5.75 Å². The number of anilines is 1. The molecule has 0 atom stereocenters. The van der Waals surface area contributed by atoms with Crippen molar-refractivity contribution in [1.82, 2.24) is 0 Å². The van der Waals surface area contributed by atoms with Gasteiger partial charge in [0.15, 0.2) is 0 Å². The van der Waals surface area contributed by atoms with Gasteiger partial charge in [0.25, 0.3) is 0 Å². The predicted octanol–water partition coefficient (Wildman–Crippen LogP) is 2.91. The van der Waals surface area contributed by atoms with Gasteiger partial charge in [-0.05, 0) is 24.3 Å². The number of ether oxygens (including phenoxy) is 13. The quantitative estimate of drug-likeness (QED) is 0.0804. The molecule has 0 saturated heterocycles. The largest absolute Gasteiger partial charge is 0.491 e. The van der Waals surface area contributed by atoms with Crippen molar-refractivity contribution in [2.24, 2.45) is 0 Å². The summed E-state index contributed by atoms with van der Waals surface area (Å²) in [7, 11) is 0. The Morgan fingerprint density at radius 1 is 0.280 bits per heavy atom. The zero-order chi connectivity index (χ0) is 35.3. The van der Waals surface area contributed by atoms with Crippen LogP contribution >= 0.6 is 0 Å². The second-order valence-corrected chi connectivity index (χ2v) is 10.3. The average Bonchev–Trinajstić information content (AvgIpc) is 3.14. The number of para-hydroxylation sites is 3. The van der Waals surface area contributed by atoms with Crippen molar-refractivity contribution in [1.29, 1.82) is 0 Å². The summed E-state index contributed by atoms with van der Waals surface area (Å²) < 4.78 is 71.4. The first-order valence-corrected chi connectivity index (χ1v) is 17.4. The molecule has 14 nitrogen and oxygen atoms in total. The van der Waals surface area contributed by atoms with Gasteiger partial charge in [0.05, 0.1) is 151 Å². The number of rotatable bonds is 38. The van der Waals surface area contributed by atoms with Crippen molar-refractivity contribution >= 4 is 5.69 Å². The zero-order valence-corrected chi connectivity index (χ0v) is 29.6. The number of hydrogen-bond acceptors (Lipinski definition) is 14. The van der Waals surface area contributed by atoms with Gasteiger partial charge in [0.2, 0.25) is 0 Å². The van der Waals surface area contributed by atoms with Gasteiger partial charge in [-0.2, -0.15) is 0 Å². The first kappa shape index (κ1) is 43.6. The Hall–Kier alpha value is -2.60. The summed E-state index contributed by atoms with van der Waals surface area (Å²) in [4.78, 5) is 0. The Balaban J connectivity index is 1.13. The molecule has 0 aliphatic rings. The molecule has 14 heteroatoms. The molecule has 50 heavy (non-hydrogen) atoms. The van der Waals surface area contributed by atoms with Gasteiger partial charge in [-0.3, -0.25) is 0 Å². The molecule has 2 aromatic carbocycles. The van der Waals surface area contributed by atoms with Gasteiger partial charge in [-0.25, -0.2) is 0 Å². The lowest BCUT2D eigenvalue weighted by Crippen LogP contribution is -2.15. The summed E-state index contributed by atoms with van der Waals surface area (Å²) in [6, 6.07) is 17.0. The summed E-state index contributed by atoms with van der Waals surface area (Å²) in [5.41, 5.74) is 6.44. The summed E-state index contributed by atoms with van der Waals surface area (Å²) in [6.07, 6.45) is 0. The van der Waals surface area contributed by atoms with Crippen molar-refractivity contribution in [3.63, 3.8) is 0 Å². The standard InChI is InChI=1S/C36H59NO13/c37-35-8-4-5-9-36(35)50-33-31-48-29-27-46-25-23-44-21-19-42-17-15-40-13-11-38-10-12-39-14-16-41-18-20-43-22-24-45-26-28-47-30-32-49-34-6-2-1-3-7-34/h1-9H,10-33,37H2. The molecule has 2 rings (SSSR count). The van der Waals surface area contributed by atoms with Crippen LogP contribution in [0, 0.1) is 0 Å². The molecule has 2 aromatic rings. The van der Waals surface area contributed by atoms with E-state index >= 15 is 0 Å². The lowest BCUT2D eigenvalue weighted by molar-refractivity contribution is -0.0279. The molecule has 0 aliphatic heterocycles. The van der Waals surface area contributed by atoms with Crippen LogP contribution in [0.3, 0.4) is 0 Å². The van der Waals surface area contributed by atoms with Crippen LogP contribution in [-0.4, -0.2) is 159 Å². The van der Waals surface area contributed by atoms with E-state index in [4.69, 9.17) is 67.3 Å². The molecule has 0 aliphatic carbocycles. The normalized spacial score (nSPS) is 11.3. The van der Waals surface area contributed by atoms with E-state index in [9.17, 15) is 0 Å². The Labute approximate surface area is 297 Å². The number of benzene rings is 2. The van der Waals surface area contributed by atoms with Crippen molar-refractivity contribution < 1.29 is 61.6 Å². The molecule has 286 valence electrons. The van der Waals surface area contributed by atoms with Crippen LogP contribution in [0.15, 0.2) is 54.6 Å². The fourth-order valence-electron chi connectivity index (χ4n) is 3.86. The Morgan fingerprint density at radius 2 is 0.540 bits per heavy atom. The third kappa shape index (κ3) is 28.1. The van der Waals surface area contributed by atoms with E-state index in [1.54, 1.807) is 6.07 Å². The van der Waals surface area contributed by atoms with Gasteiger partial charge in [-0.15, -0.1) is 0 Å². The molecule has 0 aromatic heterocycles. The Morgan fingerprint density at radius 3 is 0.860 bits per heavy atom. The van der Waals surface area contributed by atoms with Crippen molar-refractivity contribution in [3.8, 4) is 11.5 Å². The minimum atomic E-state index is 0.436. The van der Waals surface area contributed by atoms with Crippen molar-refractivity contribution in [2.75, 3.05) is 164 Å². The van der Waals surface area contributed by atoms with Gasteiger partial charge in [0, 0.05) is 0 Å². The summed E-state index contributed by atoms with van der Waals surface area (Å²) >= 11 is 0. The molecular formula is C36H59NO13. The molecule has 0 radical (unpaired) electrons. The summed E-state index contributed by atoms with van der Waals surface area (Å²) in [6.45, 7) is 12.1. The van der Waals surface area contributed by atoms with Crippen molar-refractivity contribution in [3.05, 3.63) is 54.6 Å². The van der Waals surface area contributed by atoms with Crippen LogP contribution in [0.1, 0.15) is 0 Å². The third-order valence-electron chi connectivity index (χ3n) is 6.36. The lowest BCUT2D eigenvalue weighted by Gasteiger charge is -2.10. The minimum absolute atomic E-state index is 0.436. The van der Waals surface area contributed by atoms with Gasteiger partial charge in [0.1, 0.15) is 24.7 Å². The van der Waals surface area contributed by atoms with Crippen LogP contribution < -0.4 is 15.2 Å². The SMILES string of the molecule is Nc1ccccc1OCCOCCOCCOCCOCCOCCOCCOCCOCCOCCOCCOCCOc1ccccc1. The lowest BCUT2D eigenvalue weighted by atomic mass is 10.3. The number of nitrogens with two attached hydrogens (primary N) is 1. The second kappa shape index (κ2) is 34.8. The summed E-state index contributed by atoms with van der Waals surface area (Å²) in [5, 5.41) is 0. The highest BCUT2D eigenvalue weighted by Crippen LogP contribution is 2.19. The molecule has 0 fully saturated rings. The smallest absolute Gasteiger partial charge is 0.142 e. The van der Waals surface area contributed by atoms with E-state index in [2.05, 4.69) is 0 Å². The third-order valence-corrected chi connectivity index (χ3v) is 6.36. The maximum atomic E-state index is 5.82. The highest BCUT2D eigenvalue weighted by molar-refractivity contribution is 5.51. The molecule has 0 bridgehead atoms. The fraction of sp³-hybridized carbons (Fsp3) is 0.667. The highest BCUT2D eigenvalue weighted by atomic mass is 16.6. The second-order valence-electron chi connectivity index (χ2n) is 10.3. The summed E-state index contributed by atoms with van der Waals surface area (Å²) in [5.74, 6) is 1.51. The highest BCUT2D eigenvalue weighted by Gasteiger charge is 1.99. The van der Waals surface area contributed by atoms with E-state index < -0.39 is 0 Å². The number of nitrogen functional groups attached to an aromatic ring is 1. The van der Waals surface area contributed by atoms with E-state index in [1.165, 1.54) is 0 Å². The van der Waals surface area contributed by atoms with E-state index in [-0.39, 0.29) is 0 Å². The van der Waals surface area contributed by atoms with Gasteiger partial charge < -0.3 is 67.3 Å². The van der Waals surface area contributed by atoms with Crippen LogP contribution in [0.25, 0.3) is 0 Å². The Kier molecular flexibility index (Phi) is 30.3. The van der Waals surface area contributed by atoms with Crippen molar-refractivity contribution in [2.45, 2.75) is 0 Å². The van der Waals surface area contributed by atoms with Gasteiger partial charge in [-0.1, -0.05) is 30.3 Å². The Bertz CT molecular complexity index is 976. The van der Waals surface area contributed by atoms with Gasteiger partial charge >= 0.3 is 0 Å². The number of hydrogen-bond donors (Lipinski definition) is 1. The topological polar surface area (TPSA) is 146 Å². The van der Waals surface area contributed by atoms with Crippen LogP contribution in [0.2, 0.25) is 0 Å². The average molecular weight is 714 g/mol. The molecular weight excluding hydrogens is 654 g/mol. The predicted molar refractivity (Wildman–Crippen MR) is 187 cm³/mol.